The lowest BCUT2D eigenvalue weighted by Crippen LogP contribution is -2.42. The fraction of sp³-hybridized carbons (Fsp3) is 0.429. The second-order valence-corrected chi connectivity index (χ2v) is 8.20. The quantitative estimate of drug-likeness (QED) is 0.218. The summed E-state index contributed by atoms with van der Waals surface area (Å²) in [6.45, 7) is 18.0. The fourth-order valence-electron chi connectivity index (χ4n) is 4.33. The summed E-state index contributed by atoms with van der Waals surface area (Å²) in [4.78, 5) is 2.42. The minimum absolute atomic E-state index is 0.852. The van der Waals surface area contributed by atoms with Crippen molar-refractivity contribution >= 4 is 33.5 Å². The molecule has 0 amide bonds. The number of nitrogens with zero attached hydrogens (tertiary/aromatic N) is 5. The number of hydrogen-bond acceptors (Lipinski definition) is 6. The van der Waals surface area contributed by atoms with Gasteiger partial charge in [0.05, 0.1) is 17.1 Å². The third-order valence-corrected chi connectivity index (χ3v) is 6.33. The second-order valence-electron chi connectivity index (χ2n) is 8.20. The van der Waals surface area contributed by atoms with Crippen LogP contribution in [-0.2, 0) is 0 Å². The summed E-state index contributed by atoms with van der Waals surface area (Å²) in [6.07, 6.45) is 0. The summed E-state index contributed by atoms with van der Waals surface area (Å²) < 4.78 is 0. The molecule has 0 unspecified atom stereocenters. The van der Waals surface area contributed by atoms with Crippen LogP contribution < -0.4 is 10.3 Å². The molecule has 0 aliphatic rings. The molecular formula is C28H40N6. The van der Waals surface area contributed by atoms with Crippen LogP contribution in [0.3, 0.4) is 0 Å². The molecule has 0 saturated carbocycles. The zero-order chi connectivity index (χ0) is 24.3. The number of rotatable bonds is 13. The van der Waals surface area contributed by atoms with Gasteiger partial charge in [-0.1, -0.05) is 52.0 Å². The van der Waals surface area contributed by atoms with E-state index in [2.05, 4.69) is 114 Å². The highest BCUT2D eigenvalue weighted by Crippen LogP contribution is 2.33. The van der Waals surface area contributed by atoms with E-state index in [1.165, 1.54) is 11.1 Å². The van der Waals surface area contributed by atoms with E-state index >= 15 is 0 Å². The van der Waals surface area contributed by atoms with Crippen molar-refractivity contribution < 1.29 is 0 Å². The zero-order valence-electron chi connectivity index (χ0n) is 21.5. The van der Waals surface area contributed by atoms with Crippen molar-refractivity contribution in [1.82, 2.24) is 9.91 Å². The molecule has 0 aromatic heterocycles. The number of anilines is 2. The highest BCUT2D eigenvalue weighted by Gasteiger charge is 2.11. The van der Waals surface area contributed by atoms with E-state index in [1.807, 2.05) is 12.1 Å². The van der Waals surface area contributed by atoms with Crippen molar-refractivity contribution in [2.24, 2.45) is 10.2 Å². The predicted molar refractivity (Wildman–Crippen MR) is 147 cm³/mol. The molecule has 0 spiro atoms. The first-order valence-corrected chi connectivity index (χ1v) is 12.7. The van der Waals surface area contributed by atoms with Crippen LogP contribution in [0.15, 0.2) is 70.9 Å². The van der Waals surface area contributed by atoms with E-state index in [0.29, 0.717) is 0 Å². The first-order valence-electron chi connectivity index (χ1n) is 12.7. The standard InChI is InChI=1S/C28H40N6/c1-6-32(7-2)22-21-29-27-19-20-28(26-14-12-11-13-25(26)27)31-30-23-15-17-24(18-16-23)34(10-5)33(8-3)9-4/h11-20,29H,6-10,21-22H2,1-5H3. The van der Waals surface area contributed by atoms with Crippen molar-refractivity contribution in [1.29, 1.82) is 0 Å². The molecule has 0 atom stereocenters. The van der Waals surface area contributed by atoms with Gasteiger partial charge in [0.25, 0.3) is 0 Å². The van der Waals surface area contributed by atoms with Crippen molar-refractivity contribution in [2.45, 2.75) is 34.6 Å². The molecule has 0 heterocycles. The van der Waals surface area contributed by atoms with Crippen molar-refractivity contribution in [2.75, 3.05) is 56.1 Å². The Morgan fingerprint density at radius 1 is 0.676 bits per heavy atom. The fourth-order valence-corrected chi connectivity index (χ4v) is 4.33. The second kappa shape index (κ2) is 13.1. The van der Waals surface area contributed by atoms with Crippen LogP contribution >= 0.6 is 0 Å². The maximum absolute atomic E-state index is 4.61. The maximum atomic E-state index is 4.61. The van der Waals surface area contributed by atoms with E-state index in [-0.39, 0.29) is 0 Å². The lowest BCUT2D eigenvalue weighted by Gasteiger charge is -2.34. The van der Waals surface area contributed by atoms with Gasteiger partial charge >= 0.3 is 0 Å². The Morgan fingerprint density at radius 3 is 1.97 bits per heavy atom. The monoisotopic (exact) mass is 460 g/mol. The average molecular weight is 461 g/mol. The number of nitrogens with one attached hydrogen (secondary N) is 1. The first-order chi connectivity index (χ1) is 16.6. The Morgan fingerprint density at radius 2 is 1.35 bits per heavy atom. The molecule has 34 heavy (non-hydrogen) atoms. The summed E-state index contributed by atoms with van der Waals surface area (Å²) in [7, 11) is 0. The molecule has 0 radical (unpaired) electrons. The van der Waals surface area contributed by atoms with Gasteiger partial charge in [-0.05, 0) is 56.4 Å². The third-order valence-electron chi connectivity index (χ3n) is 6.33. The Kier molecular flexibility index (Phi) is 9.86. The van der Waals surface area contributed by atoms with E-state index in [4.69, 9.17) is 0 Å². The molecule has 0 saturated heterocycles. The summed E-state index contributed by atoms with van der Waals surface area (Å²) in [5, 5.41) is 19.7. The predicted octanol–water partition coefficient (Wildman–Crippen LogP) is 7.09. The van der Waals surface area contributed by atoms with Gasteiger partial charge in [0, 0.05) is 49.2 Å². The van der Waals surface area contributed by atoms with Crippen LogP contribution in [0.5, 0.6) is 0 Å². The van der Waals surface area contributed by atoms with E-state index in [0.717, 1.165) is 68.3 Å². The van der Waals surface area contributed by atoms with Gasteiger partial charge in [-0.15, -0.1) is 5.11 Å². The summed E-state index contributed by atoms with van der Waals surface area (Å²) in [5.74, 6) is 0. The Bertz CT molecular complexity index is 1040. The van der Waals surface area contributed by atoms with Crippen molar-refractivity contribution in [3.05, 3.63) is 60.7 Å². The van der Waals surface area contributed by atoms with Crippen LogP contribution in [0.25, 0.3) is 10.8 Å². The third kappa shape index (κ3) is 6.33. The number of hydrazine groups is 1. The first kappa shape index (κ1) is 25.7. The Labute approximate surface area is 205 Å². The Balaban J connectivity index is 1.76. The lowest BCUT2D eigenvalue weighted by molar-refractivity contribution is 0.279. The summed E-state index contributed by atoms with van der Waals surface area (Å²) in [6, 6.07) is 20.9. The van der Waals surface area contributed by atoms with Gasteiger partial charge < -0.3 is 15.2 Å². The topological polar surface area (TPSA) is 46.5 Å². The Hall–Kier alpha value is -2.96. The number of hydrogen-bond donors (Lipinski definition) is 1. The average Bonchev–Trinajstić information content (AvgIpc) is 2.89. The van der Waals surface area contributed by atoms with Crippen molar-refractivity contribution in [3.8, 4) is 0 Å². The molecule has 0 aliphatic carbocycles. The van der Waals surface area contributed by atoms with Gasteiger partial charge in [-0.3, -0.25) is 0 Å². The lowest BCUT2D eigenvalue weighted by atomic mass is 10.1. The number of fused-ring (bicyclic) bond motifs is 1. The van der Waals surface area contributed by atoms with E-state index < -0.39 is 0 Å². The van der Waals surface area contributed by atoms with Crippen LogP contribution in [0, 0.1) is 0 Å². The molecule has 182 valence electrons. The molecule has 0 fully saturated rings. The van der Waals surface area contributed by atoms with E-state index in [1.54, 1.807) is 0 Å². The van der Waals surface area contributed by atoms with Gasteiger partial charge in [-0.2, -0.15) is 5.11 Å². The number of benzene rings is 3. The molecule has 3 aromatic carbocycles. The molecule has 0 aliphatic heterocycles. The number of azo groups is 1. The summed E-state index contributed by atoms with van der Waals surface area (Å²) >= 11 is 0. The minimum Gasteiger partial charge on any atom is -0.383 e. The van der Waals surface area contributed by atoms with Crippen molar-refractivity contribution in [3.63, 3.8) is 0 Å². The molecule has 0 bridgehead atoms. The SMILES string of the molecule is CCN(CC)CCNc1ccc(N=Nc2ccc(N(CC)N(CC)CC)cc2)c2ccccc12. The molecular weight excluding hydrogens is 420 g/mol. The van der Waals surface area contributed by atoms with E-state index in [9.17, 15) is 0 Å². The molecule has 1 N–H and O–H groups in total. The van der Waals surface area contributed by atoms with Crippen LogP contribution in [-0.4, -0.2) is 55.7 Å². The number of likely N-dealkylation sites (N-methyl/N-ethyl adjacent to an activating group) is 1. The van der Waals surface area contributed by atoms with Gasteiger partial charge in [0.1, 0.15) is 0 Å². The highest BCUT2D eigenvalue weighted by atomic mass is 15.6. The largest absolute Gasteiger partial charge is 0.383 e. The van der Waals surface area contributed by atoms with Gasteiger partial charge in [0.2, 0.25) is 0 Å². The van der Waals surface area contributed by atoms with Gasteiger partial charge in [-0.25, -0.2) is 5.01 Å². The van der Waals surface area contributed by atoms with Gasteiger partial charge in [0.15, 0.2) is 0 Å². The maximum Gasteiger partial charge on any atom is 0.0936 e. The highest BCUT2D eigenvalue weighted by molar-refractivity contribution is 6.00. The van der Waals surface area contributed by atoms with Crippen LogP contribution in [0.4, 0.5) is 22.7 Å². The summed E-state index contributed by atoms with van der Waals surface area (Å²) in [5.41, 5.74) is 4.05. The molecule has 3 rings (SSSR count). The molecule has 6 nitrogen and oxygen atoms in total. The van der Waals surface area contributed by atoms with Crippen LogP contribution in [0.2, 0.25) is 0 Å². The zero-order valence-corrected chi connectivity index (χ0v) is 21.5. The smallest absolute Gasteiger partial charge is 0.0936 e. The minimum atomic E-state index is 0.852. The normalized spacial score (nSPS) is 11.7. The molecule has 6 heteroatoms. The molecule has 3 aromatic rings. The van der Waals surface area contributed by atoms with Crippen LogP contribution in [0.1, 0.15) is 34.6 Å².